The standard InChI is InChI=1S/C23H31N3O4/c1-16(2)28-12-13-29-21-7-5-6-20(15-21)14-19-8-10-26(11-9-19)23(27)24-22-17(3)18(4)30-25-22/h5-7,14-16H,8-13H2,1-4H3,(H,24,25,27). The molecule has 1 aliphatic heterocycles. The summed E-state index contributed by atoms with van der Waals surface area (Å²) in [6.45, 7) is 10.2. The number of urea groups is 1. The lowest BCUT2D eigenvalue weighted by molar-refractivity contribution is 0.0552. The number of hydrogen-bond donors (Lipinski definition) is 1. The Labute approximate surface area is 178 Å². The zero-order valence-corrected chi connectivity index (χ0v) is 18.2. The summed E-state index contributed by atoms with van der Waals surface area (Å²) in [6.07, 6.45) is 4.09. The quantitative estimate of drug-likeness (QED) is 0.660. The number of carbonyl (C=O) groups is 1. The molecule has 0 aliphatic carbocycles. The fraction of sp³-hybridized carbons (Fsp3) is 0.478. The maximum absolute atomic E-state index is 12.5. The average Bonchev–Trinajstić information content (AvgIpc) is 3.04. The van der Waals surface area contributed by atoms with Gasteiger partial charge in [-0.15, -0.1) is 0 Å². The second kappa shape index (κ2) is 10.3. The van der Waals surface area contributed by atoms with Gasteiger partial charge < -0.3 is 18.9 Å². The molecule has 2 heterocycles. The summed E-state index contributed by atoms with van der Waals surface area (Å²) in [4.78, 5) is 14.3. The van der Waals surface area contributed by atoms with Gasteiger partial charge in [0.15, 0.2) is 5.82 Å². The Morgan fingerprint density at radius 3 is 2.70 bits per heavy atom. The van der Waals surface area contributed by atoms with Gasteiger partial charge in [0.1, 0.15) is 18.1 Å². The first-order chi connectivity index (χ1) is 14.4. The van der Waals surface area contributed by atoms with E-state index >= 15 is 0 Å². The molecule has 30 heavy (non-hydrogen) atoms. The minimum absolute atomic E-state index is 0.135. The van der Waals surface area contributed by atoms with E-state index in [2.05, 4.69) is 22.6 Å². The van der Waals surface area contributed by atoms with Gasteiger partial charge in [-0.3, -0.25) is 5.32 Å². The molecule has 0 atom stereocenters. The largest absolute Gasteiger partial charge is 0.491 e. The van der Waals surface area contributed by atoms with Crippen molar-refractivity contribution in [3.8, 4) is 5.75 Å². The maximum Gasteiger partial charge on any atom is 0.323 e. The summed E-state index contributed by atoms with van der Waals surface area (Å²) in [5.74, 6) is 2.05. The number of anilines is 1. The van der Waals surface area contributed by atoms with Gasteiger partial charge in [0.05, 0.1) is 12.7 Å². The molecule has 1 aromatic heterocycles. The normalized spacial score (nSPS) is 14.2. The molecular weight excluding hydrogens is 382 g/mol. The van der Waals surface area contributed by atoms with Crippen molar-refractivity contribution in [2.24, 2.45) is 0 Å². The number of hydrogen-bond acceptors (Lipinski definition) is 5. The van der Waals surface area contributed by atoms with Crippen molar-refractivity contribution in [2.75, 3.05) is 31.6 Å². The molecule has 1 N–H and O–H groups in total. The van der Waals surface area contributed by atoms with E-state index in [0.29, 0.717) is 37.9 Å². The number of nitrogens with one attached hydrogen (secondary N) is 1. The van der Waals surface area contributed by atoms with E-state index < -0.39 is 0 Å². The van der Waals surface area contributed by atoms with Crippen molar-refractivity contribution < 1.29 is 18.8 Å². The summed E-state index contributed by atoms with van der Waals surface area (Å²) in [6, 6.07) is 7.92. The summed E-state index contributed by atoms with van der Waals surface area (Å²) in [7, 11) is 0. The number of amides is 2. The lowest BCUT2D eigenvalue weighted by atomic mass is 10.0. The van der Waals surface area contributed by atoms with Crippen molar-refractivity contribution in [1.29, 1.82) is 0 Å². The zero-order chi connectivity index (χ0) is 21.5. The zero-order valence-electron chi connectivity index (χ0n) is 18.2. The molecule has 2 aromatic rings. The van der Waals surface area contributed by atoms with Crippen molar-refractivity contribution in [1.82, 2.24) is 10.1 Å². The van der Waals surface area contributed by atoms with Crippen LogP contribution in [0.3, 0.4) is 0 Å². The molecule has 0 saturated carbocycles. The van der Waals surface area contributed by atoms with Crippen LogP contribution in [-0.2, 0) is 4.74 Å². The lowest BCUT2D eigenvalue weighted by Gasteiger charge is -2.28. The highest BCUT2D eigenvalue weighted by molar-refractivity contribution is 5.89. The summed E-state index contributed by atoms with van der Waals surface area (Å²) in [5.41, 5.74) is 3.30. The average molecular weight is 414 g/mol. The number of rotatable bonds is 7. The number of aryl methyl sites for hydroxylation is 1. The highest BCUT2D eigenvalue weighted by Gasteiger charge is 2.21. The highest BCUT2D eigenvalue weighted by atomic mass is 16.5. The van der Waals surface area contributed by atoms with E-state index in [9.17, 15) is 4.79 Å². The van der Waals surface area contributed by atoms with Gasteiger partial charge in [-0.05, 0) is 58.2 Å². The van der Waals surface area contributed by atoms with Crippen LogP contribution in [-0.4, -0.2) is 48.5 Å². The molecule has 0 bridgehead atoms. The van der Waals surface area contributed by atoms with Gasteiger partial charge >= 0.3 is 6.03 Å². The minimum atomic E-state index is -0.135. The third-order valence-electron chi connectivity index (χ3n) is 5.11. The molecule has 0 spiro atoms. The van der Waals surface area contributed by atoms with E-state index in [-0.39, 0.29) is 12.1 Å². The fourth-order valence-electron chi connectivity index (χ4n) is 3.23. The number of aromatic nitrogens is 1. The number of likely N-dealkylation sites (tertiary alicyclic amines) is 1. The van der Waals surface area contributed by atoms with Crippen LogP contribution in [0.1, 0.15) is 43.6 Å². The first kappa shape index (κ1) is 21.9. The van der Waals surface area contributed by atoms with Crippen LogP contribution in [0.2, 0.25) is 0 Å². The Morgan fingerprint density at radius 2 is 2.03 bits per heavy atom. The second-order valence-corrected chi connectivity index (χ2v) is 7.77. The second-order valence-electron chi connectivity index (χ2n) is 7.77. The first-order valence-electron chi connectivity index (χ1n) is 10.4. The molecular formula is C23H31N3O4. The van der Waals surface area contributed by atoms with Crippen molar-refractivity contribution in [3.05, 3.63) is 46.7 Å². The Kier molecular flexibility index (Phi) is 7.52. The molecule has 2 amide bonds. The van der Waals surface area contributed by atoms with Crippen LogP contribution in [0.5, 0.6) is 5.75 Å². The molecule has 0 radical (unpaired) electrons. The van der Waals surface area contributed by atoms with Crippen molar-refractivity contribution >= 4 is 17.9 Å². The fourth-order valence-corrected chi connectivity index (χ4v) is 3.23. The van der Waals surface area contributed by atoms with Crippen LogP contribution >= 0.6 is 0 Å². The van der Waals surface area contributed by atoms with E-state index in [4.69, 9.17) is 14.0 Å². The van der Waals surface area contributed by atoms with E-state index in [0.717, 1.165) is 29.7 Å². The molecule has 7 nitrogen and oxygen atoms in total. The topological polar surface area (TPSA) is 76.8 Å². The van der Waals surface area contributed by atoms with Gasteiger partial charge in [0, 0.05) is 18.7 Å². The van der Waals surface area contributed by atoms with Gasteiger partial charge in [0.25, 0.3) is 0 Å². The third-order valence-corrected chi connectivity index (χ3v) is 5.11. The summed E-state index contributed by atoms with van der Waals surface area (Å²) in [5, 5.41) is 6.74. The summed E-state index contributed by atoms with van der Waals surface area (Å²) >= 11 is 0. The SMILES string of the molecule is Cc1onc(NC(=O)N2CCC(=Cc3cccc(OCCOC(C)C)c3)CC2)c1C. The van der Waals surface area contributed by atoms with Gasteiger partial charge in [-0.25, -0.2) is 4.79 Å². The van der Waals surface area contributed by atoms with Crippen LogP contribution in [0.25, 0.3) is 6.08 Å². The Balaban J connectivity index is 1.50. The summed E-state index contributed by atoms with van der Waals surface area (Å²) < 4.78 is 16.4. The number of piperidine rings is 1. The van der Waals surface area contributed by atoms with E-state index in [1.165, 1.54) is 5.57 Å². The number of carbonyl (C=O) groups excluding carboxylic acids is 1. The predicted molar refractivity (Wildman–Crippen MR) is 117 cm³/mol. The Hall–Kier alpha value is -2.80. The van der Waals surface area contributed by atoms with Gasteiger partial charge in [-0.2, -0.15) is 0 Å². The maximum atomic E-state index is 12.5. The smallest absolute Gasteiger partial charge is 0.323 e. The Bertz CT molecular complexity index is 878. The van der Waals surface area contributed by atoms with Crippen LogP contribution in [0, 0.1) is 13.8 Å². The van der Waals surface area contributed by atoms with E-state index in [1.54, 1.807) is 0 Å². The molecule has 3 rings (SSSR count). The molecule has 1 aromatic carbocycles. The van der Waals surface area contributed by atoms with Crippen molar-refractivity contribution in [3.63, 3.8) is 0 Å². The van der Waals surface area contributed by atoms with Crippen LogP contribution in [0.4, 0.5) is 10.6 Å². The highest BCUT2D eigenvalue weighted by Crippen LogP contribution is 2.23. The van der Waals surface area contributed by atoms with Gasteiger partial charge in [0.2, 0.25) is 0 Å². The van der Waals surface area contributed by atoms with Crippen LogP contribution in [0.15, 0.2) is 34.4 Å². The molecule has 1 fully saturated rings. The predicted octanol–water partition coefficient (Wildman–Crippen LogP) is 4.81. The minimum Gasteiger partial charge on any atom is -0.491 e. The number of benzene rings is 1. The van der Waals surface area contributed by atoms with Crippen LogP contribution < -0.4 is 10.1 Å². The molecule has 1 saturated heterocycles. The van der Waals surface area contributed by atoms with Crippen molar-refractivity contribution in [2.45, 2.75) is 46.6 Å². The molecule has 0 unspecified atom stereocenters. The number of ether oxygens (including phenoxy) is 2. The molecule has 1 aliphatic rings. The lowest BCUT2D eigenvalue weighted by Crippen LogP contribution is -2.39. The Morgan fingerprint density at radius 1 is 1.27 bits per heavy atom. The molecule has 162 valence electrons. The van der Waals surface area contributed by atoms with Gasteiger partial charge in [-0.1, -0.05) is 28.9 Å². The first-order valence-corrected chi connectivity index (χ1v) is 10.4. The number of nitrogens with zero attached hydrogens (tertiary/aromatic N) is 2. The third kappa shape index (κ3) is 6.10. The van der Waals surface area contributed by atoms with E-state index in [1.807, 2.05) is 50.8 Å². The monoisotopic (exact) mass is 413 g/mol. The molecule has 7 heteroatoms.